The monoisotopic (exact) mass is 464 g/mol. The van der Waals surface area contributed by atoms with Crippen molar-refractivity contribution < 1.29 is 19.1 Å². The fraction of sp³-hybridized carbons (Fsp3) is 0.815. The molecule has 1 saturated heterocycles. The maximum atomic E-state index is 12.3. The fourth-order valence-corrected chi connectivity index (χ4v) is 6.58. The summed E-state index contributed by atoms with van der Waals surface area (Å²) in [4.78, 5) is 12.3. The first-order valence-corrected chi connectivity index (χ1v) is 15.7. The molecule has 32 heavy (non-hydrogen) atoms. The van der Waals surface area contributed by atoms with Crippen LogP contribution < -0.4 is 0 Å². The van der Waals surface area contributed by atoms with Crippen molar-refractivity contribution in [2.45, 2.75) is 117 Å². The number of ether oxygens (including phenoxy) is 1. The summed E-state index contributed by atoms with van der Waals surface area (Å²) in [7, 11) is -1.91. The summed E-state index contributed by atoms with van der Waals surface area (Å²) in [5, 5.41) is 10.9. The van der Waals surface area contributed by atoms with Gasteiger partial charge in [-0.25, -0.2) is 0 Å². The van der Waals surface area contributed by atoms with E-state index in [1.165, 1.54) is 5.57 Å². The second-order valence-corrected chi connectivity index (χ2v) is 16.2. The Bertz CT molecular complexity index is 690. The number of hydrogen-bond acceptors (Lipinski definition) is 4. The van der Waals surface area contributed by atoms with Crippen molar-refractivity contribution in [3.8, 4) is 0 Å². The van der Waals surface area contributed by atoms with Gasteiger partial charge in [-0.2, -0.15) is 0 Å². The van der Waals surface area contributed by atoms with Crippen LogP contribution in [0.15, 0.2) is 23.8 Å². The highest BCUT2D eigenvalue weighted by Gasteiger charge is 2.42. The zero-order chi connectivity index (χ0) is 24.3. The van der Waals surface area contributed by atoms with Crippen LogP contribution in [-0.4, -0.2) is 37.7 Å². The molecule has 0 bridgehead atoms. The number of aliphatic hydroxyl groups is 1. The molecule has 3 rings (SSSR count). The smallest absolute Gasteiger partial charge is 0.308 e. The molecular formula is C27H48O4Si. The molecule has 0 aromatic rings. The Labute approximate surface area is 198 Å². The third-order valence-electron chi connectivity index (χ3n) is 7.93. The van der Waals surface area contributed by atoms with Gasteiger partial charge in [-0.15, -0.1) is 0 Å². The van der Waals surface area contributed by atoms with Crippen molar-refractivity contribution in [1.29, 1.82) is 0 Å². The molecule has 0 saturated carbocycles. The normalized spacial score (nSPS) is 35.2. The molecule has 0 spiro atoms. The number of rotatable bonds is 5. The lowest BCUT2D eigenvalue weighted by molar-refractivity contribution is -0.160. The zero-order valence-corrected chi connectivity index (χ0v) is 23.0. The van der Waals surface area contributed by atoms with Crippen molar-refractivity contribution in [1.82, 2.24) is 0 Å². The van der Waals surface area contributed by atoms with E-state index in [0.29, 0.717) is 24.2 Å². The lowest BCUT2D eigenvalue weighted by atomic mass is 9.65. The topological polar surface area (TPSA) is 55.8 Å². The van der Waals surface area contributed by atoms with Crippen LogP contribution in [0.25, 0.3) is 0 Å². The molecule has 1 N–H and O–H groups in total. The lowest BCUT2D eigenvalue weighted by Gasteiger charge is -2.43. The molecule has 0 aromatic heterocycles. The van der Waals surface area contributed by atoms with Gasteiger partial charge >= 0.3 is 5.97 Å². The summed E-state index contributed by atoms with van der Waals surface area (Å²) in [6, 6.07) is 0. The van der Waals surface area contributed by atoms with E-state index >= 15 is 0 Å². The van der Waals surface area contributed by atoms with Crippen LogP contribution >= 0.6 is 0 Å². The van der Waals surface area contributed by atoms with E-state index in [1.54, 1.807) is 0 Å². The number of fused-ring (bicyclic) bond motifs is 1. The first-order valence-electron chi connectivity index (χ1n) is 12.8. The van der Waals surface area contributed by atoms with Crippen LogP contribution in [-0.2, 0) is 14.0 Å². The summed E-state index contributed by atoms with van der Waals surface area (Å²) in [6.07, 6.45) is 10.3. The standard InChI is InChI=1S/C25H42O4Si.C2H6/c1-16-12-18-9-8-17(2)21(24(18)22(26)13-16)11-10-19-14-20(15-23(27)28-19)29-30(6,7)25(3,4)5;1-2/h8-9,12,16-17,19-22,24,26H,10-11,13-15H2,1-7H3;1-2H3/t16-,17-,19-,20-,21-,22-,24-;/m0./s1. The van der Waals surface area contributed by atoms with Gasteiger partial charge in [0.25, 0.3) is 0 Å². The summed E-state index contributed by atoms with van der Waals surface area (Å²) in [5.41, 5.74) is 1.30. The molecule has 0 unspecified atom stereocenters. The number of allylic oxidation sites excluding steroid dienone is 3. The minimum atomic E-state index is -1.91. The third-order valence-corrected chi connectivity index (χ3v) is 12.5. The Morgan fingerprint density at radius 2 is 1.81 bits per heavy atom. The Hall–Kier alpha value is -0.913. The molecule has 2 aliphatic carbocycles. The van der Waals surface area contributed by atoms with E-state index in [-0.39, 0.29) is 35.2 Å². The largest absolute Gasteiger partial charge is 0.462 e. The lowest BCUT2D eigenvalue weighted by Crippen LogP contribution is -2.47. The van der Waals surface area contributed by atoms with Gasteiger partial charge < -0.3 is 14.3 Å². The maximum Gasteiger partial charge on any atom is 0.308 e. The Morgan fingerprint density at radius 3 is 2.44 bits per heavy atom. The van der Waals surface area contributed by atoms with Gasteiger partial charge in [0.05, 0.1) is 18.6 Å². The highest BCUT2D eigenvalue weighted by atomic mass is 28.4. The van der Waals surface area contributed by atoms with E-state index in [2.05, 4.69) is 65.9 Å². The van der Waals surface area contributed by atoms with Gasteiger partial charge in [0.15, 0.2) is 8.32 Å². The predicted molar refractivity (Wildman–Crippen MR) is 135 cm³/mol. The number of carbonyl (C=O) groups is 1. The number of hydrogen-bond donors (Lipinski definition) is 1. The molecule has 1 fully saturated rings. The molecule has 7 atom stereocenters. The van der Waals surface area contributed by atoms with Gasteiger partial charge in [0, 0.05) is 12.3 Å². The van der Waals surface area contributed by atoms with E-state index in [0.717, 1.165) is 25.7 Å². The van der Waals surface area contributed by atoms with Crippen LogP contribution in [0.2, 0.25) is 18.1 Å². The Morgan fingerprint density at radius 1 is 1.16 bits per heavy atom. The minimum Gasteiger partial charge on any atom is -0.462 e. The highest BCUT2D eigenvalue weighted by molar-refractivity contribution is 6.74. The van der Waals surface area contributed by atoms with Crippen LogP contribution in [0.5, 0.6) is 0 Å². The molecule has 4 nitrogen and oxygen atoms in total. The van der Waals surface area contributed by atoms with Crippen molar-refractivity contribution in [3.05, 3.63) is 23.8 Å². The molecule has 184 valence electrons. The van der Waals surface area contributed by atoms with Gasteiger partial charge in [-0.1, -0.05) is 66.7 Å². The minimum absolute atomic E-state index is 0.0302. The van der Waals surface area contributed by atoms with E-state index in [4.69, 9.17) is 9.16 Å². The molecule has 1 heterocycles. The van der Waals surface area contributed by atoms with Gasteiger partial charge in [0.1, 0.15) is 6.10 Å². The zero-order valence-electron chi connectivity index (χ0n) is 22.0. The summed E-state index contributed by atoms with van der Waals surface area (Å²) in [6.45, 7) is 19.6. The molecule has 0 radical (unpaired) electrons. The number of carbonyl (C=O) groups excluding carboxylic acids is 1. The molecule has 1 aliphatic heterocycles. The molecule has 0 aromatic carbocycles. The number of esters is 1. The van der Waals surface area contributed by atoms with Crippen LogP contribution in [0.3, 0.4) is 0 Å². The Balaban J connectivity index is 0.00000176. The summed E-state index contributed by atoms with van der Waals surface area (Å²) < 4.78 is 12.3. The van der Waals surface area contributed by atoms with Gasteiger partial charge in [-0.05, 0) is 60.7 Å². The molecular weight excluding hydrogens is 416 g/mol. The second kappa shape index (κ2) is 11.0. The Kier molecular flexibility index (Phi) is 9.40. The molecule has 3 aliphatic rings. The summed E-state index contributed by atoms with van der Waals surface area (Å²) >= 11 is 0. The number of aliphatic hydroxyl groups excluding tert-OH is 1. The SMILES string of the molecule is CC.C[C@H]1C=C2C=C[C@H](C)[C@H](CC[C@H]3C[C@H](O[Si](C)(C)C(C)(C)C)CC(=O)O3)[C@H]2[C@@H](O)C1. The quantitative estimate of drug-likeness (QED) is 0.365. The predicted octanol–water partition coefficient (Wildman–Crippen LogP) is 6.65. The van der Waals surface area contributed by atoms with Crippen molar-refractivity contribution in [2.24, 2.45) is 23.7 Å². The first-order chi connectivity index (χ1) is 14.9. The van der Waals surface area contributed by atoms with E-state index in [9.17, 15) is 9.90 Å². The van der Waals surface area contributed by atoms with Crippen molar-refractivity contribution in [3.63, 3.8) is 0 Å². The average molecular weight is 465 g/mol. The first kappa shape index (κ1) is 27.3. The van der Waals surface area contributed by atoms with Gasteiger partial charge in [0.2, 0.25) is 0 Å². The van der Waals surface area contributed by atoms with Crippen LogP contribution in [0.4, 0.5) is 0 Å². The van der Waals surface area contributed by atoms with E-state index in [1.807, 2.05) is 13.8 Å². The average Bonchev–Trinajstić information content (AvgIpc) is 2.67. The molecule has 0 amide bonds. The molecule has 5 heteroatoms. The number of cyclic esters (lactones) is 1. The third kappa shape index (κ3) is 6.57. The second-order valence-electron chi connectivity index (χ2n) is 11.5. The van der Waals surface area contributed by atoms with E-state index < -0.39 is 8.32 Å². The summed E-state index contributed by atoms with van der Waals surface area (Å²) in [5.74, 6) is 1.33. The fourth-order valence-electron chi connectivity index (χ4n) is 5.21. The van der Waals surface area contributed by atoms with Crippen LogP contribution in [0.1, 0.15) is 80.6 Å². The van der Waals surface area contributed by atoms with Crippen molar-refractivity contribution >= 4 is 14.3 Å². The maximum absolute atomic E-state index is 12.3. The van der Waals surface area contributed by atoms with Gasteiger partial charge in [-0.3, -0.25) is 4.79 Å². The van der Waals surface area contributed by atoms with Crippen molar-refractivity contribution in [2.75, 3.05) is 0 Å². The van der Waals surface area contributed by atoms with Crippen LogP contribution in [0, 0.1) is 23.7 Å². The highest BCUT2D eigenvalue weighted by Crippen LogP contribution is 2.44.